The van der Waals surface area contributed by atoms with Gasteiger partial charge in [-0.2, -0.15) is 0 Å². The van der Waals surface area contributed by atoms with E-state index in [0.29, 0.717) is 48.3 Å². The Hall–Kier alpha value is -3.08. The second-order valence-corrected chi connectivity index (χ2v) is 9.26. The molecule has 0 bridgehead atoms. The van der Waals surface area contributed by atoms with E-state index in [9.17, 15) is 24.5 Å². The Labute approximate surface area is 205 Å². The van der Waals surface area contributed by atoms with Crippen LogP contribution in [0, 0.1) is 5.82 Å². The van der Waals surface area contributed by atoms with Gasteiger partial charge in [0.25, 0.3) is 0 Å². The molecule has 0 aliphatic carbocycles. The molecule has 1 aromatic heterocycles. The van der Waals surface area contributed by atoms with Crippen molar-refractivity contribution in [3.8, 4) is 5.75 Å². The first-order chi connectivity index (χ1) is 16.9. The normalized spacial score (nSPS) is 13.2. The van der Waals surface area contributed by atoms with Crippen LogP contribution in [-0.4, -0.2) is 39.6 Å². The highest BCUT2D eigenvalue weighted by atomic mass is 32.1. The summed E-state index contributed by atoms with van der Waals surface area (Å²) < 4.78 is 14.2. The van der Waals surface area contributed by atoms with E-state index >= 15 is 0 Å². The number of thiazole rings is 1. The number of phenols is 1. The van der Waals surface area contributed by atoms with Crippen molar-refractivity contribution in [1.29, 1.82) is 0 Å². The van der Waals surface area contributed by atoms with Crippen LogP contribution in [0.2, 0.25) is 0 Å². The number of benzene rings is 3. The van der Waals surface area contributed by atoms with Gasteiger partial charge in [0.1, 0.15) is 29.4 Å². The van der Waals surface area contributed by atoms with Gasteiger partial charge in [-0.1, -0.05) is 59.9 Å². The molecule has 0 aliphatic heterocycles. The third-order valence-corrected chi connectivity index (χ3v) is 6.85. The first kappa shape index (κ1) is 25.0. The van der Waals surface area contributed by atoms with Crippen molar-refractivity contribution in [2.24, 2.45) is 0 Å². The molecule has 184 valence electrons. The lowest BCUT2D eigenvalue weighted by molar-refractivity contribution is -0.00169. The van der Waals surface area contributed by atoms with Crippen LogP contribution in [0.4, 0.5) is 4.39 Å². The van der Waals surface area contributed by atoms with Crippen LogP contribution in [0.5, 0.6) is 5.75 Å². The van der Waals surface area contributed by atoms with Crippen LogP contribution in [0.1, 0.15) is 28.4 Å². The standard InChI is InChI=1S/C26H28FN3O4S/c27-20-8-4-3-6-17(20)11-13-28-15-18-7-2-1-5-16(18)12-14-29-25(33)23(32)19-9-10-21(31)22-24(19)35-26(34)30-22/h1-10,23,25,28-29,31-33H,11-15H2,(H,30,34). The lowest BCUT2D eigenvalue weighted by Crippen LogP contribution is -2.36. The number of aromatic nitrogens is 1. The number of nitrogens with one attached hydrogen (secondary N) is 3. The van der Waals surface area contributed by atoms with E-state index in [1.165, 1.54) is 18.2 Å². The fraction of sp³-hybridized carbons (Fsp3) is 0.269. The highest BCUT2D eigenvalue weighted by molar-refractivity contribution is 7.16. The third kappa shape index (κ3) is 6.14. The first-order valence-corrected chi connectivity index (χ1v) is 12.2. The third-order valence-electron chi connectivity index (χ3n) is 5.92. The molecule has 7 nitrogen and oxygen atoms in total. The van der Waals surface area contributed by atoms with E-state index < -0.39 is 12.3 Å². The van der Waals surface area contributed by atoms with Crippen molar-refractivity contribution in [3.63, 3.8) is 0 Å². The average Bonchev–Trinajstić information content (AvgIpc) is 3.25. The molecule has 6 N–H and O–H groups in total. The number of H-pyrrole nitrogens is 1. The van der Waals surface area contributed by atoms with Crippen molar-refractivity contribution >= 4 is 21.6 Å². The van der Waals surface area contributed by atoms with Gasteiger partial charge < -0.3 is 25.6 Å². The van der Waals surface area contributed by atoms with Gasteiger partial charge in [0.15, 0.2) is 0 Å². The van der Waals surface area contributed by atoms with Crippen molar-refractivity contribution in [2.45, 2.75) is 31.7 Å². The Balaban J connectivity index is 1.30. The van der Waals surface area contributed by atoms with Crippen LogP contribution in [0.25, 0.3) is 10.2 Å². The van der Waals surface area contributed by atoms with Gasteiger partial charge in [0.2, 0.25) is 0 Å². The molecule has 3 aromatic carbocycles. The lowest BCUT2D eigenvalue weighted by Gasteiger charge is -2.20. The Morgan fingerprint density at radius 3 is 2.37 bits per heavy atom. The van der Waals surface area contributed by atoms with Crippen LogP contribution in [0.3, 0.4) is 0 Å². The zero-order valence-corrected chi connectivity index (χ0v) is 19.8. The van der Waals surface area contributed by atoms with Gasteiger partial charge in [0.05, 0.1) is 4.70 Å². The SMILES string of the molecule is O=c1[nH]c2c(O)ccc(C(O)C(O)NCCc3ccccc3CNCCc3ccccc3F)c2s1. The predicted octanol–water partition coefficient (Wildman–Crippen LogP) is 2.95. The number of fused-ring (bicyclic) bond motifs is 1. The molecular weight excluding hydrogens is 469 g/mol. The number of hydrogen-bond acceptors (Lipinski definition) is 7. The summed E-state index contributed by atoms with van der Waals surface area (Å²) in [7, 11) is 0. The number of phenolic OH excluding ortho intramolecular Hbond substituents is 1. The summed E-state index contributed by atoms with van der Waals surface area (Å²) in [5, 5.41) is 37.4. The molecule has 0 saturated heterocycles. The van der Waals surface area contributed by atoms with Crippen LogP contribution >= 0.6 is 11.3 Å². The van der Waals surface area contributed by atoms with Gasteiger partial charge in [-0.25, -0.2) is 4.39 Å². The summed E-state index contributed by atoms with van der Waals surface area (Å²) >= 11 is 0.872. The van der Waals surface area contributed by atoms with Gasteiger partial charge in [-0.3, -0.25) is 10.1 Å². The summed E-state index contributed by atoms with van der Waals surface area (Å²) in [5.74, 6) is -0.281. The maximum atomic E-state index is 13.8. The molecule has 4 aromatic rings. The zero-order chi connectivity index (χ0) is 24.8. The van der Waals surface area contributed by atoms with Gasteiger partial charge in [-0.05, 0) is 48.2 Å². The Bertz CT molecular complexity index is 1340. The van der Waals surface area contributed by atoms with Crippen molar-refractivity contribution in [3.05, 3.63) is 98.4 Å². The molecule has 2 atom stereocenters. The smallest absolute Gasteiger partial charge is 0.305 e. The minimum Gasteiger partial charge on any atom is -0.506 e. The Kier molecular flexibility index (Phi) is 8.27. The number of aliphatic hydroxyl groups is 2. The highest BCUT2D eigenvalue weighted by Crippen LogP contribution is 2.32. The molecule has 1 heterocycles. The first-order valence-electron chi connectivity index (χ1n) is 11.4. The van der Waals surface area contributed by atoms with Crippen molar-refractivity contribution in [1.82, 2.24) is 15.6 Å². The summed E-state index contributed by atoms with van der Waals surface area (Å²) in [6.07, 6.45) is -1.32. The average molecular weight is 498 g/mol. The molecule has 0 spiro atoms. The topological polar surface area (TPSA) is 118 Å². The minimum atomic E-state index is -1.28. The van der Waals surface area contributed by atoms with Crippen LogP contribution in [-0.2, 0) is 19.4 Å². The molecule has 0 amide bonds. The fourth-order valence-corrected chi connectivity index (χ4v) is 4.93. The Morgan fingerprint density at radius 2 is 1.60 bits per heavy atom. The van der Waals surface area contributed by atoms with E-state index in [-0.39, 0.29) is 22.0 Å². The van der Waals surface area contributed by atoms with Crippen molar-refractivity contribution < 1.29 is 19.7 Å². The molecular formula is C26H28FN3O4S. The predicted molar refractivity (Wildman–Crippen MR) is 135 cm³/mol. The van der Waals surface area contributed by atoms with Gasteiger partial charge in [0, 0.05) is 18.7 Å². The summed E-state index contributed by atoms with van der Waals surface area (Å²) in [4.78, 5) is 13.9. The van der Waals surface area contributed by atoms with Gasteiger partial charge in [-0.15, -0.1) is 0 Å². The van der Waals surface area contributed by atoms with Crippen molar-refractivity contribution in [2.75, 3.05) is 13.1 Å². The molecule has 0 radical (unpaired) electrons. The Morgan fingerprint density at radius 1 is 0.914 bits per heavy atom. The number of aliphatic hydroxyl groups excluding tert-OH is 2. The minimum absolute atomic E-state index is 0.0872. The van der Waals surface area contributed by atoms with E-state index in [1.54, 1.807) is 12.1 Å². The summed E-state index contributed by atoms with van der Waals surface area (Å²) in [6.45, 7) is 1.69. The van der Waals surface area contributed by atoms with Crippen LogP contribution < -0.4 is 15.5 Å². The maximum Gasteiger partial charge on any atom is 0.305 e. The number of aromatic hydroxyl groups is 1. The second kappa shape index (κ2) is 11.6. The number of rotatable bonds is 11. The summed E-state index contributed by atoms with van der Waals surface area (Å²) in [5.41, 5.74) is 3.50. The fourth-order valence-electron chi connectivity index (χ4n) is 4.03. The largest absolute Gasteiger partial charge is 0.506 e. The number of aromatic amines is 1. The number of hydrogen-bond donors (Lipinski definition) is 6. The highest BCUT2D eigenvalue weighted by Gasteiger charge is 2.22. The lowest BCUT2D eigenvalue weighted by atomic mass is 10.0. The second-order valence-electron chi connectivity index (χ2n) is 8.27. The van der Waals surface area contributed by atoms with E-state index in [4.69, 9.17) is 0 Å². The molecule has 4 rings (SSSR count). The van der Waals surface area contributed by atoms with Gasteiger partial charge >= 0.3 is 4.87 Å². The quantitative estimate of drug-likeness (QED) is 0.140. The summed E-state index contributed by atoms with van der Waals surface area (Å²) in [6, 6.07) is 17.6. The van der Waals surface area contributed by atoms with E-state index in [2.05, 4.69) is 15.6 Å². The molecule has 35 heavy (non-hydrogen) atoms. The molecule has 0 saturated carbocycles. The molecule has 9 heteroatoms. The van der Waals surface area contributed by atoms with E-state index in [0.717, 1.165) is 22.5 Å². The molecule has 0 aliphatic rings. The van der Waals surface area contributed by atoms with E-state index in [1.807, 2.05) is 30.3 Å². The monoisotopic (exact) mass is 497 g/mol. The molecule has 2 unspecified atom stereocenters. The van der Waals surface area contributed by atoms with Crippen LogP contribution in [0.15, 0.2) is 65.5 Å². The zero-order valence-electron chi connectivity index (χ0n) is 19.0. The maximum absolute atomic E-state index is 13.8. The molecule has 0 fully saturated rings. The number of halogens is 1.